The number of anilines is 1. The van der Waals surface area contributed by atoms with Crippen LogP contribution in [0.3, 0.4) is 0 Å². The molecule has 0 aliphatic heterocycles. The molecule has 9 heteroatoms. The monoisotopic (exact) mass is 428 g/mol. The number of aromatic nitrogens is 2. The minimum absolute atomic E-state index is 0.191. The summed E-state index contributed by atoms with van der Waals surface area (Å²) in [5, 5.41) is 3.05. The summed E-state index contributed by atoms with van der Waals surface area (Å²) in [4.78, 5) is 20.1. The number of hydrogen-bond acceptors (Lipinski definition) is 5. The lowest BCUT2D eigenvalue weighted by atomic mass is 9.99. The molecule has 1 saturated carbocycles. The second-order valence-corrected chi connectivity index (χ2v) is 7.33. The number of carbonyl (C=O) groups excluding carboxylic acids is 1. The normalized spacial score (nSPS) is 14.7. The third kappa shape index (κ3) is 4.16. The lowest BCUT2D eigenvalue weighted by Crippen LogP contribution is -2.34. The van der Waals surface area contributed by atoms with Crippen molar-refractivity contribution in [3.63, 3.8) is 0 Å². The quantitative estimate of drug-likeness (QED) is 0.637. The third-order valence-electron chi connectivity index (χ3n) is 5.27. The van der Waals surface area contributed by atoms with Crippen LogP contribution in [0.25, 0.3) is 11.1 Å². The molecule has 2 aromatic heterocycles. The summed E-state index contributed by atoms with van der Waals surface area (Å²) in [6.45, 7) is 0. The lowest BCUT2D eigenvalue weighted by molar-refractivity contribution is -0.141. The first-order valence-corrected chi connectivity index (χ1v) is 9.49. The number of halogens is 3. The van der Waals surface area contributed by atoms with E-state index in [1.54, 1.807) is 24.3 Å². The Morgan fingerprint density at radius 1 is 1.10 bits per heavy atom. The molecule has 0 saturated heterocycles. The van der Waals surface area contributed by atoms with Crippen molar-refractivity contribution in [1.82, 2.24) is 15.3 Å². The summed E-state index contributed by atoms with van der Waals surface area (Å²) in [7, 11) is 1.50. The van der Waals surface area contributed by atoms with Crippen LogP contribution in [0.2, 0.25) is 0 Å². The van der Waals surface area contributed by atoms with Gasteiger partial charge in [0, 0.05) is 17.8 Å². The second-order valence-electron chi connectivity index (χ2n) is 7.33. The van der Waals surface area contributed by atoms with Gasteiger partial charge in [0.1, 0.15) is 11.5 Å². The van der Waals surface area contributed by atoms with Gasteiger partial charge in [-0.1, -0.05) is 24.3 Å². The first kappa shape index (κ1) is 20.6. The minimum Gasteiger partial charge on any atom is -0.481 e. The van der Waals surface area contributed by atoms with Gasteiger partial charge in [0.15, 0.2) is 0 Å². The summed E-state index contributed by atoms with van der Waals surface area (Å²) < 4.78 is 43.4. The molecule has 160 valence electrons. The van der Waals surface area contributed by atoms with Gasteiger partial charge < -0.3 is 15.8 Å². The van der Waals surface area contributed by atoms with E-state index >= 15 is 0 Å². The Morgan fingerprint density at radius 3 is 2.32 bits per heavy atom. The third-order valence-corrected chi connectivity index (χ3v) is 5.27. The molecular weight excluding hydrogens is 409 g/mol. The van der Waals surface area contributed by atoms with Gasteiger partial charge in [-0.05, 0) is 42.2 Å². The fourth-order valence-electron chi connectivity index (χ4n) is 3.38. The van der Waals surface area contributed by atoms with E-state index in [9.17, 15) is 18.0 Å². The average molecular weight is 428 g/mol. The first-order valence-electron chi connectivity index (χ1n) is 9.49. The molecule has 2 heterocycles. The smallest absolute Gasteiger partial charge is 0.433 e. The Bertz CT molecular complexity index is 1110. The van der Waals surface area contributed by atoms with E-state index in [1.165, 1.54) is 19.4 Å². The second kappa shape index (κ2) is 7.57. The predicted octanol–water partition coefficient (Wildman–Crippen LogP) is 4.17. The van der Waals surface area contributed by atoms with Crippen LogP contribution in [-0.2, 0) is 11.7 Å². The van der Waals surface area contributed by atoms with Gasteiger partial charge >= 0.3 is 6.18 Å². The highest BCUT2D eigenvalue weighted by molar-refractivity contribution is 5.94. The van der Waals surface area contributed by atoms with Crippen LogP contribution in [0.5, 0.6) is 5.88 Å². The van der Waals surface area contributed by atoms with Crippen LogP contribution in [0.1, 0.15) is 34.5 Å². The molecule has 4 rings (SSSR count). The number of methoxy groups -OCH3 is 1. The molecule has 0 unspecified atom stereocenters. The van der Waals surface area contributed by atoms with Gasteiger partial charge in [0.05, 0.1) is 18.2 Å². The van der Waals surface area contributed by atoms with Crippen LogP contribution in [0.15, 0.2) is 54.7 Å². The molecule has 3 N–H and O–H groups in total. The lowest BCUT2D eigenvalue weighted by Gasteiger charge is -2.19. The largest absolute Gasteiger partial charge is 0.481 e. The number of alkyl halides is 3. The van der Waals surface area contributed by atoms with Crippen molar-refractivity contribution in [2.75, 3.05) is 12.8 Å². The van der Waals surface area contributed by atoms with Crippen LogP contribution >= 0.6 is 0 Å². The minimum atomic E-state index is -4.55. The van der Waals surface area contributed by atoms with Crippen molar-refractivity contribution in [2.45, 2.75) is 24.6 Å². The maximum absolute atomic E-state index is 12.8. The zero-order valence-corrected chi connectivity index (χ0v) is 16.5. The first-order chi connectivity index (χ1) is 14.7. The topological polar surface area (TPSA) is 90.1 Å². The number of nitrogens with one attached hydrogen (secondary N) is 1. The number of nitrogens with zero attached hydrogens (tertiary/aromatic N) is 2. The summed E-state index contributed by atoms with van der Waals surface area (Å²) >= 11 is 0. The number of rotatable bonds is 5. The Hall–Kier alpha value is -3.62. The Morgan fingerprint density at radius 2 is 1.81 bits per heavy atom. The predicted molar refractivity (Wildman–Crippen MR) is 108 cm³/mol. The van der Waals surface area contributed by atoms with Crippen LogP contribution < -0.4 is 15.8 Å². The molecule has 0 bridgehead atoms. The van der Waals surface area contributed by atoms with Crippen LogP contribution in [0.4, 0.5) is 19.0 Å². The summed E-state index contributed by atoms with van der Waals surface area (Å²) in [5.74, 6) is -0.0118. The number of hydrogen-bond donors (Lipinski definition) is 2. The van der Waals surface area contributed by atoms with Crippen molar-refractivity contribution in [2.24, 2.45) is 0 Å². The zero-order valence-electron chi connectivity index (χ0n) is 16.5. The molecule has 0 radical (unpaired) electrons. The highest BCUT2D eigenvalue weighted by Crippen LogP contribution is 2.46. The van der Waals surface area contributed by atoms with E-state index in [0.717, 1.165) is 24.5 Å². The summed E-state index contributed by atoms with van der Waals surface area (Å²) in [6, 6.07) is 12.7. The van der Waals surface area contributed by atoms with Gasteiger partial charge in [-0.25, -0.2) is 9.97 Å². The van der Waals surface area contributed by atoms with Crippen molar-refractivity contribution in [3.05, 3.63) is 71.5 Å². The van der Waals surface area contributed by atoms with E-state index in [4.69, 9.17) is 10.5 Å². The van der Waals surface area contributed by atoms with E-state index in [-0.39, 0.29) is 11.7 Å². The number of nitrogens with two attached hydrogens (primary N) is 1. The van der Waals surface area contributed by atoms with Gasteiger partial charge in [0.25, 0.3) is 5.91 Å². The highest BCUT2D eigenvalue weighted by atomic mass is 19.4. The number of ether oxygens (including phenoxy) is 1. The molecule has 31 heavy (non-hydrogen) atoms. The summed E-state index contributed by atoms with van der Waals surface area (Å²) in [5.41, 5.74) is 6.64. The van der Waals surface area contributed by atoms with Crippen molar-refractivity contribution in [3.8, 4) is 17.0 Å². The number of carbonyl (C=O) groups is 1. The van der Waals surface area contributed by atoms with Crippen molar-refractivity contribution < 1.29 is 22.7 Å². The van der Waals surface area contributed by atoms with E-state index < -0.39 is 17.4 Å². The van der Waals surface area contributed by atoms with E-state index in [0.29, 0.717) is 22.6 Å². The fraction of sp³-hybridized carbons (Fsp3) is 0.227. The molecule has 0 spiro atoms. The number of amides is 1. The number of nitrogen functional groups attached to an aromatic ring is 1. The Labute approximate surface area is 176 Å². The molecular formula is C22H19F3N4O2. The fourth-order valence-corrected chi connectivity index (χ4v) is 3.38. The molecule has 1 amide bonds. The summed E-state index contributed by atoms with van der Waals surface area (Å²) in [6.07, 6.45) is -1.53. The zero-order chi connectivity index (χ0) is 22.2. The van der Waals surface area contributed by atoms with Crippen molar-refractivity contribution in [1.29, 1.82) is 0 Å². The van der Waals surface area contributed by atoms with E-state index in [1.807, 2.05) is 12.1 Å². The maximum atomic E-state index is 12.8. The van der Waals surface area contributed by atoms with Gasteiger partial charge in [-0.3, -0.25) is 4.79 Å². The van der Waals surface area contributed by atoms with E-state index in [2.05, 4.69) is 15.3 Å². The molecule has 1 aromatic carbocycles. The van der Waals surface area contributed by atoms with Crippen molar-refractivity contribution >= 4 is 11.7 Å². The maximum Gasteiger partial charge on any atom is 0.433 e. The Kier molecular flexibility index (Phi) is 5.04. The molecule has 1 aliphatic rings. The Balaban J connectivity index is 1.52. The highest BCUT2D eigenvalue weighted by Gasteiger charge is 2.45. The molecule has 1 aliphatic carbocycles. The molecule has 6 nitrogen and oxygen atoms in total. The van der Waals surface area contributed by atoms with Crippen LogP contribution in [0, 0.1) is 0 Å². The average Bonchev–Trinajstić information content (AvgIpc) is 3.54. The standard InChI is InChI=1S/C22H19F3N4O2/c1-31-18-9-4-14(12-27-18)20(30)29-21(10-11-21)15-5-2-13(3-6-15)16-7-8-17(22(23,24)25)28-19(16)26/h2-9,12H,10-11H2,1H3,(H2,26,28)(H,29,30). The van der Waals surface area contributed by atoms with Crippen LogP contribution in [-0.4, -0.2) is 23.0 Å². The van der Waals surface area contributed by atoms with Gasteiger partial charge in [-0.2, -0.15) is 13.2 Å². The SMILES string of the molecule is COc1ccc(C(=O)NC2(c3ccc(-c4ccc(C(F)(F)F)nc4N)cc3)CC2)cn1. The molecule has 3 aromatic rings. The number of benzene rings is 1. The molecule has 0 atom stereocenters. The molecule has 1 fully saturated rings. The number of pyridine rings is 2. The van der Waals surface area contributed by atoms with Gasteiger partial charge in [-0.15, -0.1) is 0 Å². The van der Waals surface area contributed by atoms with Gasteiger partial charge in [0.2, 0.25) is 5.88 Å².